The van der Waals surface area contributed by atoms with Gasteiger partial charge in [0, 0.05) is 5.92 Å². The van der Waals surface area contributed by atoms with Crippen LogP contribution in [0.1, 0.15) is 62.8 Å². The molecule has 1 aromatic carbocycles. The summed E-state index contributed by atoms with van der Waals surface area (Å²) < 4.78 is 26.4. The quantitative estimate of drug-likeness (QED) is 0.698. The van der Waals surface area contributed by atoms with Crippen LogP contribution in [0.4, 0.5) is 8.78 Å². The smallest absolute Gasteiger partial charge is 0.159 e. The van der Waals surface area contributed by atoms with Gasteiger partial charge in [-0.3, -0.25) is 0 Å². The van der Waals surface area contributed by atoms with Crippen LogP contribution in [0.5, 0.6) is 0 Å². The molecular weight excluding hydrogens is 282 g/mol. The van der Waals surface area contributed by atoms with Gasteiger partial charge in [-0.05, 0) is 86.8 Å². The summed E-state index contributed by atoms with van der Waals surface area (Å²) >= 11 is 0. The number of carbonyl (C=O) groups excluding carboxylic acids is 1. The van der Waals surface area contributed by atoms with Crippen LogP contribution in [0.3, 0.4) is 0 Å². The van der Waals surface area contributed by atoms with E-state index in [2.05, 4.69) is 0 Å². The summed E-state index contributed by atoms with van der Waals surface area (Å²) in [6, 6.07) is 4.35. The van der Waals surface area contributed by atoms with Gasteiger partial charge < -0.3 is 4.79 Å². The number of hydrogen-bond acceptors (Lipinski definition) is 1. The minimum absolute atomic E-state index is 0.287. The largest absolute Gasteiger partial charge is 0.303 e. The van der Waals surface area contributed by atoms with E-state index in [1.807, 2.05) is 0 Å². The molecule has 0 amide bonds. The van der Waals surface area contributed by atoms with Crippen molar-refractivity contribution in [2.75, 3.05) is 0 Å². The van der Waals surface area contributed by atoms with E-state index in [-0.39, 0.29) is 5.92 Å². The molecule has 1 aromatic rings. The van der Waals surface area contributed by atoms with Crippen molar-refractivity contribution in [1.29, 1.82) is 0 Å². The second-order valence-corrected chi connectivity index (χ2v) is 7.10. The first-order valence-corrected chi connectivity index (χ1v) is 8.57. The zero-order valence-electron chi connectivity index (χ0n) is 12.9. The molecule has 0 atom stereocenters. The van der Waals surface area contributed by atoms with E-state index >= 15 is 0 Å². The lowest BCUT2D eigenvalue weighted by Crippen LogP contribution is -2.25. The Hall–Kier alpha value is -1.25. The first kappa shape index (κ1) is 15.6. The molecule has 0 aliphatic heterocycles. The number of aldehydes is 1. The molecule has 0 aromatic heterocycles. The Morgan fingerprint density at radius 1 is 0.818 bits per heavy atom. The van der Waals surface area contributed by atoms with Crippen molar-refractivity contribution in [1.82, 2.24) is 0 Å². The van der Waals surface area contributed by atoms with Gasteiger partial charge in [-0.25, -0.2) is 8.78 Å². The lowest BCUT2D eigenvalue weighted by molar-refractivity contribution is -0.112. The summed E-state index contributed by atoms with van der Waals surface area (Å²) in [7, 11) is 0. The van der Waals surface area contributed by atoms with Gasteiger partial charge in [-0.15, -0.1) is 0 Å². The van der Waals surface area contributed by atoms with Crippen LogP contribution in [0.15, 0.2) is 18.2 Å². The first-order chi connectivity index (χ1) is 10.7. The van der Waals surface area contributed by atoms with Crippen molar-refractivity contribution in [3.8, 4) is 0 Å². The van der Waals surface area contributed by atoms with Crippen LogP contribution < -0.4 is 0 Å². The standard InChI is InChI=1S/C19H24F2O/c20-18-10-9-17(11-19(18)21)16-7-5-15(6-8-16)14-3-1-13(12-22)2-4-14/h9-16H,1-8H2/t13-,14-,15?,16?. The highest BCUT2D eigenvalue weighted by Gasteiger charge is 2.31. The lowest BCUT2D eigenvalue weighted by atomic mass is 9.68. The van der Waals surface area contributed by atoms with Crippen LogP contribution in [-0.2, 0) is 4.79 Å². The van der Waals surface area contributed by atoms with E-state index in [0.29, 0.717) is 5.92 Å². The van der Waals surface area contributed by atoms with Crippen molar-refractivity contribution in [2.45, 2.75) is 57.3 Å². The van der Waals surface area contributed by atoms with Crippen molar-refractivity contribution in [3.63, 3.8) is 0 Å². The third-order valence-electron chi connectivity index (χ3n) is 5.86. The average Bonchev–Trinajstić information content (AvgIpc) is 2.58. The Morgan fingerprint density at radius 3 is 1.95 bits per heavy atom. The Morgan fingerprint density at radius 2 is 1.41 bits per heavy atom. The summed E-state index contributed by atoms with van der Waals surface area (Å²) in [6.07, 6.45) is 10.1. The zero-order chi connectivity index (χ0) is 15.5. The fraction of sp³-hybridized carbons (Fsp3) is 0.632. The van der Waals surface area contributed by atoms with E-state index < -0.39 is 11.6 Å². The van der Waals surface area contributed by atoms with E-state index in [4.69, 9.17) is 0 Å². The van der Waals surface area contributed by atoms with Gasteiger partial charge in [-0.1, -0.05) is 6.07 Å². The molecule has 120 valence electrons. The molecule has 0 radical (unpaired) electrons. The molecule has 0 spiro atoms. The number of halogens is 2. The Balaban J connectivity index is 1.54. The molecule has 3 heteroatoms. The van der Waals surface area contributed by atoms with Gasteiger partial charge >= 0.3 is 0 Å². The van der Waals surface area contributed by atoms with Crippen molar-refractivity contribution in [3.05, 3.63) is 35.4 Å². The molecule has 0 saturated heterocycles. The summed E-state index contributed by atoms with van der Waals surface area (Å²) in [5, 5.41) is 0. The van der Waals surface area contributed by atoms with Crippen LogP contribution in [0.25, 0.3) is 0 Å². The summed E-state index contributed by atoms with van der Waals surface area (Å²) in [5.74, 6) is 0.694. The van der Waals surface area contributed by atoms with Crippen molar-refractivity contribution >= 4 is 6.29 Å². The molecule has 0 N–H and O–H groups in total. The molecule has 0 heterocycles. The minimum atomic E-state index is -0.760. The molecule has 2 fully saturated rings. The highest BCUT2D eigenvalue weighted by molar-refractivity contribution is 5.53. The fourth-order valence-electron chi connectivity index (χ4n) is 4.44. The fourth-order valence-corrected chi connectivity index (χ4v) is 4.44. The summed E-state index contributed by atoms with van der Waals surface area (Å²) in [5.41, 5.74) is 0.946. The van der Waals surface area contributed by atoms with E-state index in [9.17, 15) is 13.6 Å². The van der Waals surface area contributed by atoms with Crippen molar-refractivity contribution < 1.29 is 13.6 Å². The van der Waals surface area contributed by atoms with Crippen LogP contribution >= 0.6 is 0 Å². The molecule has 2 aliphatic rings. The number of hydrogen-bond donors (Lipinski definition) is 0. The van der Waals surface area contributed by atoms with Gasteiger partial charge in [0.2, 0.25) is 0 Å². The number of rotatable bonds is 3. The third kappa shape index (κ3) is 3.39. The summed E-state index contributed by atoms with van der Waals surface area (Å²) in [6.45, 7) is 0. The predicted molar refractivity (Wildman–Crippen MR) is 82.6 cm³/mol. The maximum atomic E-state index is 13.4. The maximum absolute atomic E-state index is 13.4. The van der Waals surface area contributed by atoms with Gasteiger partial charge in [0.05, 0.1) is 0 Å². The molecule has 2 aliphatic carbocycles. The molecule has 0 bridgehead atoms. The Kier molecular flexibility index (Phi) is 4.90. The normalized spacial score (nSPS) is 32.6. The second kappa shape index (κ2) is 6.89. The topological polar surface area (TPSA) is 17.1 Å². The average molecular weight is 306 g/mol. The van der Waals surface area contributed by atoms with E-state index in [1.165, 1.54) is 37.8 Å². The highest BCUT2D eigenvalue weighted by atomic mass is 19.2. The van der Waals surface area contributed by atoms with Gasteiger partial charge in [0.15, 0.2) is 11.6 Å². The molecule has 3 rings (SSSR count). The SMILES string of the molecule is O=C[C@H]1CC[C@H](C2CCC(c3ccc(F)c(F)c3)CC2)CC1. The third-order valence-corrected chi connectivity index (χ3v) is 5.86. The molecular formula is C19H24F2O. The molecule has 22 heavy (non-hydrogen) atoms. The Bertz CT molecular complexity index is 512. The summed E-state index contributed by atoms with van der Waals surface area (Å²) in [4.78, 5) is 10.8. The van der Waals surface area contributed by atoms with E-state index in [0.717, 1.165) is 49.4 Å². The van der Waals surface area contributed by atoms with Gasteiger partial charge in [-0.2, -0.15) is 0 Å². The first-order valence-electron chi connectivity index (χ1n) is 8.57. The molecule has 2 saturated carbocycles. The van der Waals surface area contributed by atoms with Crippen molar-refractivity contribution in [2.24, 2.45) is 17.8 Å². The zero-order valence-corrected chi connectivity index (χ0v) is 12.9. The van der Waals surface area contributed by atoms with Crippen LogP contribution in [0, 0.1) is 29.4 Å². The van der Waals surface area contributed by atoms with E-state index in [1.54, 1.807) is 6.07 Å². The molecule has 0 unspecified atom stereocenters. The highest BCUT2D eigenvalue weighted by Crippen LogP contribution is 2.43. The second-order valence-electron chi connectivity index (χ2n) is 7.10. The number of carbonyl (C=O) groups is 1. The van der Waals surface area contributed by atoms with Crippen LogP contribution in [0.2, 0.25) is 0 Å². The van der Waals surface area contributed by atoms with Gasteiger partial charge in [0.1, 0.15) is 6.29 Å². The predicted octanol–water partition coefficient (Wildman–Crippen LogP) is 5.24. The molecule has 1 nitrogen and oxygen atoms in total. The Labute approximate surface area is 131 Å². The number of benzene rings is 1. The maximum Gasteiger partial charge on any atom is 0.159 e. The minimum Gasteiger partial charge on any atom is -0.303 e. The van der Waals surface area contributed by atoms with Crippen LogP contribution in [-0.4, -0.2) is 6.29 Å². The lowest BCUT2D eigenvalue weighted by Gasteiger charge is -2.37. The van der Waals surface area contributed by atoms with Gasteiger partial charge in [0.25, 0.3) is 0 Å². The monoisotopic (exact) mass is 306 g/mol.